The first kappa shape index (κ1) is 13.7. The van der Waals surface area contributed by atoms with Gasteiger partial charge in [0, 0.05) is 31.0 Å². The molecule has 0 aliphatic rings. The molecule has 0 spiro atoms. The third-order valence-electron chi connectivity index (χ3n) is 2.92. The van der Waals surface area contributed by atoms with E-state index in [4.69, 9.17) is 11.6 Å². The molecule has 2 aromatic rings. The molecule has 5 nitrogen and oxygen atoms in total. The zero-order valence-corrected chi connectivity index (χ0v) is 12.0. The summed E-state index contributed by atoms with van der Waals surface area (Å²) < 4.78 is 0. The van der Waals surface area contributed by atoms with Crippen molar-refractivity contribution in [1.29, 1.82) is 0 Å². The molecular formula is C13H16ClN5. The van der Waals surface area contributed by atoms with Gasteiger partial charge in [-0.25, -0.2) is 0 Å². The zero-order valence-electron chi connectivity index (χ0n) is 11.3. The first-order valence-electron chi connectivity index (χ1n) is 6.23. The van der Waals surface area contributed by atoms with Crippen LogP contribution in [0.4, 0.5) is 5.95 Å². The average Bonchev–Trinajstić information content (AvgIpc) is 2.40. The molecule has 0 atom stereocenters. The monoisotopic (exact) mass is 277 g/mol. The van der Waals surface area contributed by atoms with Gasteiger partial charge in [-0.15, -0.1) is 0 Å². The van der Waals surface area contributed by atoms with E-state index in [0.29, 0.717) is 11.8 Å². The molecule has 0 saturated carbocycles. The van der Waals surface area contributed by atoms with Crippen molar-refractivity contribution in [3.8, 4) is 11.4 Å². The Labute approximate surface area is 117 Å². The Balaban J connectivity index is 2.51. The van der Waals surface area contributed by atoms with E-state index >= 15 is 0 Å². The minimum absolute atomic E-state index is 0.204. The van der Waals surface area contributed by atoms with Crippen LogP contribution in [0.25, 0.3) is 11.4 Å². The summed E-state index contributed by atoms with van der Waals surface area (Å²) in [7, 11) is 0. The molecule has 0 aromatic carbocycles. The van der Waals surface area contributed by atoms with Crippen LogP contribution in [0.3, 0.4) is 0 Å². The third-order valence-corrected chi connectivity index (χ3v) is 3.09. The number of hydrogen-bond donors (Lipinski definition) is 0. The SMILES string of the molecule is CCN(CC)c1nc(Cl)nc(-c2cnccc2C)n1. The van der Waals surface area contributed by atoms with Crippen molar-refractivity contribution in [1.82, 2.24) is 19.9 Å². The Morgan fingerprint density at radius 2 is 1.89 bits per heavy atom. The topological polar surface area (TPSA) is 54.8 Å². The largest absolute Gasteiger partial charge is 0.341 e. The minimum atomic E-state index is 0.204. The molecule has 0 radical (unpaired) electrons. The van der Waals surface area contributed by atoms with Crippen molar-refractivity contribution in [2.45, 2.75) is 20.8 Å². The molecule has 0 aliphatic carbocycles. The predicted octanol–water partition coefficient (Wildman–Crippen LogP) is 2.74. The van der Waals surface area contributed by atoms with E-state index < -0.39 is 0 Å². The highest BCUT2D eigenvalue weighted by Gasteiger charge is 2.12. The Bertz CT molecular complexity index is 569. The van der Waals surface area contributed by atoms with Crippen molar-refractivity contribution in [3.63, 3.8) is 0 Å². The number of aromatic nitrogens is 4. The van der Waals surface area contributed by atoms with E-state index in [-0.39, 0.29) is 5.28 Å². The van der Waals surface area contributed by atoms with Gasteiger partial charge in [0.1, 0.15) is 0 Å². The Morgan fingerprint density at radius 1 is 1.16 bits per heavy atom. The van der Waals surface area contributed by atoms with Crippen LogP contribution >= 0.6 is 11.6 Å². The summed E-state index contributed by atoms with van der Waals surface area (Å²) in [5.41, 5.74) is 1.93. The van der Waals surface area contributed by atoms with E-state index in [1.807, 2.05) is 17.9 Å². The fourth-order valence-electron chi connectivity index (χ4n) is 1.81. The molecule has 0 amide bonds. The second kappa shape index (κ2) is 5.93. The molecule has 100 valence electrons. The third kappa shape index (κ3) is 2.98. The Morgan fingerprint density at radius 3 is 2.53 bits per heavy atom. The van der Waals surface area contributed by atoms with E-state index in [1.54, 1.807) is 12.4 Å². The van der Waals surface area contributed by atoms with E-state index in [2.05, 4.69) is 33.8 Å². The normalized spacial score (nSPS) is 10.5. The van der Waals surface area contributed by atoms with Crippen LogP contribution < -0.4 is 4.90 Å². The van der Waals surface area contributed by atoms with Crippen LogP contribution in [0.5, 0.6) is 0 Å². The van der Waals surface area contributed by atoms with Gasteiger partial charge in [-0.3, -0.25) is 4.98 Å². The smallest absolute Gasteiger partial charge is 0.230 e. The van der Waals surface area contributed by atoms with Crippen molar-refractivity contribution >= 4 is 17.5 Å². The second-order valence-electron chi connectivity index (χ2n) is 4.09. The van der Waals surface area contributed by atoms with Gasteiger partial charge in [-0.2, -0.15) is 15.0 Å². The van der Waals surface area contributed by atoms with Gasteiger partial charge in [-0.1, -0.05) is 0 Å². The Kier molecular flexibility index (Phi) is 4.27. The molecule has 0 aliphatic heterocycles. The number of rotatable bonds is 4. The number of hydrogen-bond acceptors (Lipinski definition) is 5. The van der Waals surface area contributed by atoms with Crippen LogP contribution in [-0.2, 0) is 0 Å². The summed E-state index contributed by atoms with van der Waals surface area (Å²) >= 11 is 6.00. The highest BCUT2D eigenvalue weighted by Crippen LogP contribution is 2.21. The first-order valence-corrected chi connectivity index (χ1v) is 6.61. The zero-order chi connectivity index (χ0) is 13.8. The molecule has 0 fully saturated rings. The molecule has 2 heterocycles. The summed E-state index contributed by atoms with van der Waals surface area (Å²) in [6.07, 6.45) is 3.49. The fraction of sp³-hybridized carbons (Fsp3) is 0.385. The van der Waals surface area contributed by atoms with Crippen molar-refractivity contribution < 1.29 is 0 Å². The van der Waals surface area contributed by atoms with Gasteiger partial charge >= 0.3 is 0 Å². The summed E-state index contributed by atoms with van der Waals surface area (Å²) in [4.78, 5) is 19.0. The molecule has 0 saturated heterocycles. The van der Waals surface area contributed by atoms with Crippen LogP contribution in [-0.4, -0.2) is 33.0 Å². The minimum Gasteiger partial charge on any atom is -0.341 e. The highest BCUT2D eigenvalue weighted by atomic mass is 35.5. The maximum absolute atomic E-state index is 6.00. The molecule has 0 bridgehead atoms. The molecule has 2 aromatic heterocycles. The number of halogens is 1. The number of aryl methyl sites for hydroxylation is 1. The molecule has 2 rings (SSSR count). The standard InChI is InChI=1S/C13H16ClN5/c1-4-19(5-2)13-17-11(16-12(14)18-13)10-8-15-7-6-9(10)3/h6-8H,4-5H2,1-3H3. The van der Waals surface area contributed by atoms with Crippen molar-refractivity contribution in [3.05, 3.63) is 29.3 Å². The van der Waals surface area contributed by atoms with Crippen LogP contribution in [0.1, 0.15) is 19.4 Å². The lowest BCUT2D eigenvalue weighted by Crippen LogP contribution is -2.24. The van der Waals surface area contributed by atoms with Gasteiger partial charge in [0.15, 0.2) is 5.82 Å². The van der Waals surface area contributed by atoms with Gasteiger partial charge in [0.05, 0.1) is 0 Å². The van der Waals surface area contributed by atoms with Gasteiger partial charge in [0.25, 0.3) is 0 Å². The Hall–Kier alpha value is -1.75. The molecular weight excluding hydrogens is 262 g/mol. The van der Waals surface area contributed by atoms with Crippen LogP contribution in [0.2, 0.25) is 5.28 Å². The summed E-state index contributed by atoms with van der Waals surface area (Å²) in [5.74, 6) is 1.16. The van der Waals surface area contributed by atoms with Crippen LogP contribution in [0, 0.1) is 6.92 Å². The molecule has 19 heavy (non-hydrogen) atoms. The van der Waals surface area contributed by atoms with E-state index in [0.717, 1.165) is 24.2 Å². The lowest BCUT2D eigenvalue weighted by Gasteiger charge is -2.18. The number of nitrogens with zero attached hydrogens (tertiary/aromatic N) is 5. The van der Waals surface area contributed by atoms with E-state index in [1.165, 1.54) is 0 Å². The number of pyridine rings is 1. The summed E-state index contributed by atoms with van der Waals surface area (Å²) in [6, 6.07) is 1.92. The fourth-order valence-corrected chi connectivity index (χ4v) is 1.96. The van der Waals surface area contributed by atoms with E-state index in [9.17, 15) is 0 Å². The number of anilines is 1. The lowest BCUT2D eigenvalue weighted by atomic mass is 10.1. The maximum atomic E-state index is 6.00. The average molecular weight is 278 g/mol. The van der Waals surface area contributed by atoms with Crippen molar-refractivity contribution in [2.24, 2.45) is 0 Å². The summed E-state index contributed by atoms with van der Waals surface area (Å²) in [5, 5.41) is 0.204. The highest BCUT2D eigenvalue weighted by molar-refractivity contribution is 6.28. The van der Waals surface area contributed by atoms with Gasteiger partial charge in [0.2, 0.25) is 11.2 Å². The maximum Gasteiger partial charge on any atom is 0.230 e. The molecule has 0 N–H and O–H groups in total. The van der Waals surface area contributed by atoms with Gasteiger partial charge < -0.3 is 4.90 Å². The van der Waals surface area contributed by atoms with Crippen molar-refractivity contribution in [2.75, 3.05) is 18.0 Å². The van der Waals surface area contributed by atoms with Crippen LogP contribution in [0.15, 0.2) is 18.5 Å². The second-order valence-corrected chi connectivity index (χ2v) is 4.43. The molecule has 0 unspecified atom stereocenters. The molecule has 6 heteroatoms. The van der Waals surface area contributed by atoms with Gasteiger partial charge in [-0.05, 0) is 44.0 Å². The predicted molar refractivity (Wildman–Crippen MR) is 76.4 cm³/mol. The first-order chi connectivity index (χ1) is 9.15. The summed E-state index contributed by atoms with van der Waals surface area (Å²) in [6.45, 7) is 7.74. The quantitative estimate of drug-likeness (QED) is 0.860. The lowest BCUT2D eigenvalue weighted by molar-refractivity contribution is 0.813.